The molecule has 1 fully saturated rings. The fraction of sp³-hybridized carbons (Fsp3) is 0.0641. The third-order valence-electron chi connectivity index (χ3n) is 17.8. The fourth-order valence-electron chi connectivity index (χ4n) is 14.8. The minimum Gasteiger partial charge on any atom is -0.309 e. The highest BCUT2D eigenvalue weighted by Crippen LogP contribution is 2.75. The van der Waals surface area contributed by atoms with Gasteiger partial charge in [0.15, 0.2) is 0 Å². The predicted octanol–water partition coefficient (Wildman–Crippen LogP) is 23.0. The van der Waals surface area contributed by atoms with Crippen molar-refractivity contribution in [2.45, 2.75) is 27.9 Å². The van der Waals surface area contributed by atoms with E-state index in [0.29, 0.717) is 37.1 Å². The van der Waals surface area contributed by atoms with Gasteiger partial charge >= 0.3 is 0 Å². The maximum atomic E-state index is 8.63. The van der Waals surface area contributed by atoms with Gasteiger partial charge in [-0.3, -0.25) is 4.90 Å². The Labute approximate surface area is 578 Å². The molecule has 0 aliphatic carbocycles. The largest absolute Gasteiger partial charge is 0.309 e. The zero-order valence-electron chi connectivity index (χ0n) is 47.8. The normalized spacial score (nSPS) is 16.0. The minimum atomic E-state index is -1.94. The number of rotatable bonds is 13. The molecule has 14 rings (SSSR count). The number of hydrogen-bond acceptors (Lipinski definition) is 4. The summed E-state index contributed by atoms with van der Waals surface area (Å²) in [5.74, 6) is -1.43. The molecule has 90 heavy (non-hydrogen) atoms. The van der Waals surface area contributed by atoms with Gasteiger partial charge in [0.05, 0.1) is 21.4 Å². The highest BCUT2D eigenvalue weighted by Gasteiger charge is 2.82. The molecule has 4 nitrogen and oxygen atoms in total. The first-order valence-corrected chi connectivity index (χ1v) is 33.9. The first-order valence-electron chi connectivity index (χ1n) is 29.2. The van der Waals surface area contributed by atoms with Gasteiger partial charge in [0.25, 0.3) is 0 Å². The van der Waals surface area contributed by atoms with Gasteiger partial charge < -0.3 is 9.80 Å². The Morgan fingerprint density at radius 1 is 0.289 bits per heavy atom. The van der Waals surface area contributed by atoms with Crippen LogP contribution in [0.5, 0.6) is 0 Å². The van der Waals surface area contributed by atoms with Gasteiger partial charge in [0, 0.05) is 39.1 Å². The Morgan fingerprint density at radius 3 is 0.922 bits per heavy atom. The highest BCUT2D eigenvalue weighted by atomic mass is 79.9. The molecule has 12 aromatic rings. The maximum absolute atomic E-state index is 8.63. The third kappa shape index (κ3) is 9.10. The van der Waals surface area contributed by atoms with Crippen LogP contribution in [0.2, 0.25) is 20.1 Å². The molecule has 2 heterocycles. The highest BCUT2D eigenvalue weighted by molar-refractivity contribution is 9.11. The van der Waals surface area contributed by atoms with Crippen LogP contribution in [0.15, 0.2) is 338 Å². The predicted molar refractivity (Wildman–Crippen MR) is 386 cm³/mol. The molecule has 0 bridgehead atoms. The molecule has 0 atom stereocenters. The van der Waals surface area contributed by atoms with Crippen molar-refractivity contribution in [1.29, 1.82) is 0 Å². The number of nitrogens with zero attached hydrogens (tertiary/aromatic N) is 4. The monoisotopic (exact) mass is 1500 g/mol. The van der Waals surface area contributed by atoms with Gasteiger partial charge in [-0.05, 0) is 149 Å². The number of hydrogen-bond donors (Lipinski definition) is 0. The van der Waals surface area contributed by atoms with Crippen LogP contribution in [0.4, 0.5) is 11.4 Å². The molecule has 0 aromatic heterocycles. The SMILES string of the molecule is Clc1ccc(C2=NC(c3ccccc3)(c3ccccc3)C(c3ccccc3)(c3ccccc3)N2C2(c3ccc(Cl)cc3Cl)N(c3ccc(Br)cc3Br)C(c3ccccc3)(c3ccccc3)C(c3ccccc3)(c3ccccc3)N2c2ccc(Br)cc2Br)c(Cl)c1. The van der Waals surface area contributed by atoms with Crippen LogP contribution in [-0.2, 0) is 27.9 Å². The number of halogens is 8. The Morgan fingerprint density at radius 2 is 0.600 bits per heavy atom. The first kappa shape index (κ1) is 60.4. The van der Waals surface area contributed by atoms with Crippen molar-refractivity contribution in [3.8, 4) is 0 Å². The fourth-order valence-corrected chi connectivity index (χ4v) is 18.2. The molecule has 2 aliphatic heterocycles. The van der Waals surface area contributed by atoms with Crippen molar-refractivity contribution >= 4 is 127 Å². The zero-order valence-corrected chi connectivity index (χ0v) is 57.2. The number of aliphatic imine (C=N–C) groups is 1. The number of amidine groups is 1. The second-order valence-corrected chi connectivity index (χ2v) is 27.5. The van der Waals surface area contributed by atoms with Crippen LogP contribution in [0.3, 0.4) is 0 Å². The lowest BCUT2D eigenvalue weighted by Crippen LogP contribution is -2.73. The minimum absolute atomic E-state index is 0.361. The van der Waals surface area contributed by atoms with Crippen LogP contribution < -0.4 is 9.80 Å². The van der Waals surface area contributed by atoms with E-state index in [2.05, 4.69) is 364 Å². The lowest BCUT2D eigenvalue weighted by atomic mass is 9.61. The molecule has 0 spiro atoms. The van der Waals surface area contributed by atoms with Crippen LogP contribution in [0.1, 0.15) is 55.6 Å². The third-order valence-corrected chi connectivity index (χ3v) is 21.1. The standard InChI is InChI=1S/C78H52Br4Cl4N4/c79-61-41-47-71(67(81)49-61)88-76(57-33-17-5-18-34-57,58-35-19-6-20-36-58)77(59-37-21-7-22-38-59,60-39-23-8-24-40-60)89(72-48-42-62(80)50-68(72)82)78(88,66-46-44-64(84)52-70(66)86)90-73(65-45-43-63(83)51-69(65)85)87-74(53-25-9-1-10-26-53,54-27-11-2-12-28-54)75(90,55-29-13-3-14-30-55)56-31-15-4-16-32-56/h1-52H. The number of benzene rings is 12. The Hall–Kier alpha value is -7.21. The Bertz CT molecular complexity index is 4310. The summed E-state index contributed by atoms with van der Waals surface area (Å²) in [6.07, 6.45) is 0. The molecule has 12 heteroatoms. The Kier molecular flexibility index (Phi) is 16.4. The molecule has 1 saturated heterocycles. The molecular weight excluding hydrogens is 1450 g/mol. The van der Waals surface area contributed by atoms with Crippen molar-refractivity contribution in [2.24, 2.45) is 4.99 Å². The molecular formula is C78H52Br4Cl4N4. The average Bonchev–Trinajstić information content (AvgIpc) is 1.44. The summed E-state index contributed by atoms with van der Waals surface area (Å²) in [6, 6.07) is 111. The number of anilines is 2. The van der Waals surface area contributed by atoms with Crippen molar-refractivity contribution < 1.29 is 0 Å². The van der Waals surface area contributed by atoms with Crippen LogP contribution in [0.25, 0.3) is 0 Å². The molecule has 0 saturated carbocycles. The van der Waals surface area contributed by atoms with E-state index in [-0.39, 0.29) is 0 Å². The van der Waals surface area contributed by atoms with Crippen molar-refractivity contribution in [3.05, 3.63) is 409 Å². The summed E-state index contributed by atoms with van der Waals surface area (Å²) in [5, 5.41) is 1.63. The van der Waals surface area contributed by atoms with E-state index in [4.69, 9.17) is 51.4 Å². The van der Waals surface area contributed by atoms with E-state index in [0.717, 1.165) is 73.8 Å². The Balaban J connectivity index is 1.41. The van der Waals surface area contributed by atoms with Crippen molar-refractivity contribution in [2.75, 3.05) is 9.80 Å². The van der Waals surface area contributed by atoms with Crippen LogP contribution in [0, 0.1) is 0 Å². The molecule has 12 aromatic carbocycles. The van der Waals surface area contributed by atoms with E-state index >= 15 is 0 Å². The zero-order chi connectivity index (χ0) is 61.8. The molecule has 440 valence electrons. The van der Waals surface area contributed by atoms with E-state index in [1.165, 1.54) is 0 Å². The van der Waals surface area contributed by atoms with E-state index in [1.807, 2.05) is 30.3 Å². The van der Waals surface area contributed by atoms with Gasteiger partial charge in [0.1, 0.15) is 28.0 Å². The summed E-state index contributed by atoms with van der Waals surface area (Å²) in [6.45, 7) is 0. The second kappa shape index (κ2) is 24.4. The lowest BCUT2D eigenvalue weighted by molar-refractivity contribution is 0.0471. The lowest BCUT2D eigenvalue weighted by Gasteiger charge is -2.62. The van der Waals surface area contributed by atoms with E-state index in [9.17, 15) is 0 Å². The van der Waals surface area contributed by atoms with Gasteiger partial charge in [-0.25, -0.2) is 4.99 Å². The molecule has 2 aliphatic rings. The summed E-state index contributed by atoms with van der Waals surface area (Å²) >= 11 is 48.1. The smallest absolute Gasteiger partial charge is 0.226 e. The average molecular weight is 1510 g/mol. The summed E-state index contributed by atoms with van der Waals surface area (Å²) in [4.78, 5) is 14.6. The quantitative estimate of drug-likeness (QED) is 0.115. The molecule has 0 amide bonds. The van der Waals surface area contributed by atoms with Gasteiger partial charge in [0.2, 0.25) is 5.79 Å². The summed E-state index contributed by atoms with van der Waals surface area (Å²) < 4.78 is 3.24. The second-order valence-electron chi connectivity index (χ2n) is 22.3. The van der Waals surface area contributed by atoms with E-state index < -0.39 is 27.9 Å². The van der Waals surface area contributed by atoms with Gasteiger partial charge in [-0.15, -0.1) is 0 Å². The molecule has 0 N–H and O–H groups in total. The molecule has 0 radical (unpaired) electrons. The summed E-state index contributed by atoms with van der Waals surface area (Å²) in [5.41, 5.74) is 4.11. The first-order chi connectivity index (χ1) is 43.9. The van der Waals surface area contributed by atoms with Crippen LogP contribution >= 0.6 is 110 Å². The van der Waals surface area contributed by atoms with Crippen LogP contribution in [-0.4, -0.2) is 10.7 Å². The maximum Gasteiger partial charge on any atom is 0.226 e. The molecule has 0 unspecified atom stereocenters. The van der Waals surface area contributed by atoms with E-state index in [1.54, 1.807) is 0 Å². The topological polar surface area (TPSA) is 22.1 Å². The van der Waals surface area contributed by atoms with Crippen molar-refractivity contribution in [1.82, 2.24) is 4.90 Å². The van der Waals surface area contributed by atoms with Gasteiger partial charge in [-0.1, -0.05) is 321 Å². The summed E-state index contributed by atoms with van der Waals surface area (Å²) in [7, 11) is 0. The van der Waals surface area contributed by atoms with Gasteiger partial charge in [-0.2, -0.15) is 0 Å². The van der Waals surface area contributed by atoms with Crippen molar-refractivity contribution in [3.63, 3.8) is 0 Å².